The van der Waals surface area contributed by atoms with Crippen molar-refractivity contribution in [1.82, 2.24) is 10.3 Å². The van der Waals surface area contributed by atoms with Crippen LogP contribution in [-0.2, 0) is 6.54 Å². The van der Waals surface area contributed by atoms with Crippen molar-refractivity contribution in [3.05, 3.63) is 64.7 Å². The second kappa shape index (κ2) is 6.70. The highest BCUT2D eigenvalue weighted by Gasteiger charge is 2.31. The van der Waals surface area contributed by atoms with Crippen LogP contribution in [-0.4, -0.2) is 22.1 Å². The molecule has 2 N–H and O–H groups in total. The van der Waals surface area contributed by atoms with Gasteiger partial charge in [-0.15, -0.1) is 0 Å². The first-order valence-electron chi connectivity index (χ1n) is 7.51. The summed E-state index contributed by atoms with van der Waals surface area (Å²) >= 11 is 0. The zero-order valence-electron chi connectivity index (χ0n) is 12.6. The summed E-state index contributed by atoms with van der Waals surface area (Å²) in [7, 11) is 0. The van der Waals surface area contributed by atoms with Gasteiger partial charge in [0.25, 0.3) is 0 Å². The topological polar surface area (TPSA) is 62.2 Å². The average Bonchev–Trinajstić information content (AvgIpc) is 2.59. The van der Waals surface area contributed by atoms with E-state index in [1.165, 1.54) is 6.20 Å². The second-order valence-corrected chi connectivity index (χ2v) is 5.67. The van der Waals surface area contributed by atoms with Crippen LogP contribution in [0.1, 0.15) is 40.4 Å². The molecule has 1 aromatic heterocycles. The highest BCUT2D eigenvalue weighted by molar-refractivity contribution is 5.96. The minimum Gasteiger partial charge on any atom is -0.378 e. The van der Waals surface area contributed by atoms with Gasteiger partial charge in [0, 0.05) is 30.6 Å². The van der Waals surface area contributed by atoms with Gasteiger partial charge in [-0.25, -0.2) is 13.2 Å². The van der Waals surface area contributed by atoms with Crippen molar-refractivity contribution in [3.63, 3.8) is 0 Å². The van der Waals surface area contributed by atoms with Gasteiger partial charge in [-0.1, -0.05) is 12.1 Å². The molecule has 2 aromatic rings. The first-order chi connectivity index (χ1) is 11.5. The molecular weight excluding hydrogens is 321 g/mol. The third-order valence-electron chi connectivity index (χ3n) is 4.18. The first-order valence-corrected chi connectivity index (χ1v) is 7.51. The van der Waals surface area contributed by atoms with Crippen molar-refractivity contribution in [2.75, 3.05) is 0 Å². The molecule has 0 aliphatic heterocycles. The molecule has 0 amide bonds. The van der Waals surface area contributed by atoms with E-state index >= 15 is 0 Å². The molecule has 0 saturated heterocycles. The zero-order chi connectivity index (χ0) is 17.3. The Balaban J connectivity index is 1.75. The number of hydrogen-bond acceptors (Lipinski definition) is 4. The number of aliphatic hydroxyl groups is 1. The molecule has 1 aliphatic rings. The van der Waals surface area contributed by atoms with Crippen LogP contribution in [0, 0.1) is 17.5 Å². The normalized spacial score (nSPS) is 18.3. The van der Waals surface area contributed by atoms with E-state index in [2.05, 4.69) is 10.3 Å². The number of ketones is 1. The number of aliphatic hydroxyl groups excluding tert-OH is 1. The molecule has 1 aliphatic carbocycles. The number of halogens is 3. The Hall–Kier alpha value is -2.25. The van der Waals surface area contributed by atoms with Gasteiger partial charge in [-0.3, -0.25) is 15.1 Å². The summed E-state index contributed by atoms with van der Waals surface area (Å²) in [6.45, 7) is -0.176. The van der Waals surface area contributed by atoms with Crippen LogP contribution in [0.2, 0.25) is 0 Å². The minimum atomic E-state index is -1.54. The second-order valence-electron chi connectivity index (χ2n) is 5.67. The van der Waals surface area contributed by atoms with E-state index in [0.29, 0.717) is 17.7 Å². The number of nitrogens with zero attached hydrogens (tertiary/aromatic N) is 1. The molecule has 0 saturated carbocycles. The van der Waals surface area contributed by atoms with Crippen molar-refractivity contribution >= 4 is 5.78 Å². The van der Waals surface area contributed by atoms with Crippen molar-refractivity contribution in [2.45, 2.75) is 31.5 Å². The number of hydrogen-bond donors (Lipinski definition) is 2. The van der Waals surface area contributed by atoms with Crippen molar-refractivity contribution < 1.29 is 23.1 Å². The largest absolute Gasteiger partial charge is 0.378 e. The molecule has 7 heteroatoms. The summed E-state index contributed by atoms with van der Waals surface area (Å²) in [5, 5.41) is 13.0. The number of aromatic nitrogens is 1. The maximum atomic E-state index is 13.7. The number of pyridine rings is 1. The van der Waals surface area contributed by atoms with E-state index in [-0.39, 0.29) is 30.2 Å². The van der Waals surface area contributed by atoms with Crippen molar-refractivity contribution in [2.24, 2.45) is 0 Å². The summed E-state index contributed by atoms with van der Waals surface area (Å²) in [4.78, 5) is 15.9. The van der Waals surface area contributed by atoms with Crippen LogP contribution in [0.5, 0.6) is 0 Å². The SMILES string of the molecule is O=C1CCC(C(O)NCc2ccc(F)c(F)c2F)c2cccnc21. The molecule has 0 radical (unpaired) electrons. The van der Waals surface area contributed by atoms with E-state index in [1.807, 2.05) is 0 Å². The maximum absolute atomic E-state index is 13.7. The lowest BCUT2D eigenvalue weighted by atomic mass is 9.83. The summed E-state index contributed by atoms with van der Waals surface area (Å²) in [6, 6.07) is 5.34. The molecule has 2 unspecified atom stereocenters. The van der Waals surface area contributed by atoms with Gasteiger partial charge in [0.1, 0.15) is 11.9 Å². The molecule has 1 heterocycles. The minimum absolute atomic E-state index is 0.0827. The van der Waals surface area contributed by atoms with Crippen LogP contribution >= 0.6 is 0 Å². The fraction of sp³-hybridized carbons (Fsp3) is 0.294. The van der Waals surface area contributed by atoms with Crippen LogP contribution in [0.3, 0.4) is 0 Å². The quantitative estimate of drug-likeness (QED) is 0.666. The highest BCUT2D eigenvalue weighted by Crippen LogP contribution is 2.32. The van der Waals surface area contributed by atoms with Crippen molar-refractivity contribution in [3.8, 4) is 0 Å². The Morgan fingerprint density at radius 1 is 1.25 bits per heavy atom. The Morgan fingerprint density at radius 2 is 2.04 bits per heavy atom. The van der Waals surface area contributed by atoms with Crippen LogP contribution in [0.4, 0.5) is 13.2 Å². The lowest BCUT2D eigenvalue weighted by Crippen LogP contribution is -2.37. The Morgan fingerprint density at radius 3 is 2.83 bits per heavy atom. The molecule has 2 atom stereocenters. The fourth-order valence-electron chi connectivity index (χ4n) is 2.90. The summed E-state index contributed by atoms with van der Waals surface area (Å²) < 4.78 is 39.8. The molecule has 126 valence electrons. The number of fused-ring (bicyclic) bond motifs is 1. The molecule has 0 fully saturated rings. The van der Waals surface area contributed by atoms with Crippen LogP contribution in [0.25, 0.3) is 0 Å². The van der Waals surface area contributed by atoms with E-state index in [0.717, 1.165) is 12.1 Å². The molecule has 24 heavy (non-hydrogen) atoms. The van der Waals surface area contributed by atoms with Gasteiger partial charge >= 0.3 is 0 Å². The van der Waals surface area contributed by atoms with Crippen LogP contribution in [0.15, 0.2) is 30.5 Å². The zero-order valence-corrected chi connectivity index (χ0v) is 12.6. The van der Waals surface area contributed by atoms with Gasteiger partial charge in [0.05, 0.1) is 0 Å². The van der Waals surface area contributed by atoms with E-state index < -0.39 is 23.7 Å². The average molecular weight is 336 g/mol. The number of rotatable bonds is 4. The summed E-state index contributed by atoms with van der Waals surface area (Å²) in [6.07, 6.45) is 1.11. The standard InChI is InChI=1S/C17H15F3N2O2/c18-12-5-3-9(14(19)15(12)20)8-22-17(24)11-4-6-13(23)16-10(11)2-1-7-21-16/h1-3,5,7,11,17,22,24H,4,6,8H2. The van der Waals surface area contributed by atoms with Gasteiger partial charge in [-0.05, 0) is 24.1 Å². The van der Waals surface area contributed by atoms with E-state index in [1.54, 1.807) is 12.1 Å². The lowest BCUT2D eigenvalue weighted by Gasteiger charge is -2.28. The van der Waals surface area contributed by atoms with Crippen molar-refractivity contribution in [1.29, 1.82) is 0 Å². The highest BCUT2D eigenvalue weighted by atomic mass is 19.2. The Labute approximate surface area is 136 Å². The van der Waals surface area contributed by atoms with Gasteiger partial charge in [0.2, 0.25) is 0 Å². The van der Waals surface area contributed by atoms with Gasteiger partial charge in [0.15, 0.2) is 23.2 Å². The predicted octanol–water partition coefficient (Wildman–Crippen LogP) is 2.67. The fourth-order valence-corrected chi connectivity index (χ4v) is 2.90. The number of benzene rings is 1. The Kier molecular flexibility index (Phi) is 4.64. The molecule has 4 nitrogen and oxygen atoms in total. The number of Topliss-reactive ketones (excluding diaryl/α,β-unsaturated/α-hetero) is 1. The summed E-state index contributed by atoms with van der Waals surface area (Å²) in [5.74, 6) is -4.56. The smallest absolute Gasteiger partial charge is 0.194 e. The predicted molar refractivity (Wildman–Crippen MR) is 79.7 cm³/mol. The molecule has 0 spiro atoms. The Bertz CT molecular complexity index is 782. The lowest BCUT2D eigenvalue weighted by molar-refractivity contribution is 0.0838. The monoisotopic (exact) mass is 336 g/mol. The number of carbonyl (C=O) groups is 1. The number of carbonyl (C=O) groups excluding carboxylic acids is 1. The molecule has 1 aromatic carbocycles. The molecular formula is C17H15F3N2O2. The third-order valence-corrected chi connectivity index (χ3v) is 4.18. The number of nitrogens with one attached hydrogen (secondary N) is 1. The third kappa shape index (κ3) is 3.05. The molecule has 3 rings (SSSR count). The first kappa shape index (κ1) is 16.6. The van der Waals surface area contributed by atoms with E-state index in [4.69, 9.17) is 0 Å². The van der Waals surface area contributed by atoms with Gasteiger partial charge < -0.3 is 5.11 Å². The summed E-state index contributed by atoms with van der Waals surface area (Å²) in [5.41, 5.74) is 0.861. The van der Waals surface area contributed by atoms with Crippen LogP contribution < -0.4 is 5.32 Å². The maximum Gasteiger partial charge on any atom is 0.194 e. The van der Waals surface area contributed by atoms with Gasteiger partial charge in [-0.2, -0.15) is 0 Å². The van der Waals surface area contributed by atoms with E-state index in [9.17, 15) is 23.1 Å². The molecule has 0 bridgehead atoms.